The zero-order valence-electron chi connectivity index (χ0n) is 15.6. The summed E-state index contributed by atoms with van der Waals surface area (Å²) < 4.78 is 12.2. The Hall–Kier alpha value is -3.09. The Bertz CT molecular complexity index is 958. The molecule has 0 atom stereocenters. The fraction of sp³-hybridized carbons (Fsp3) is 0.227. The standard InChI is InChI=1S/C22H21N3O3/c1-22(12-27-16-28-13-22)21(26)20(25-15-23-14-24-25)11-17-7-9-19(10-8-17)18-5-3-2-4-6-18/h2-11,14-15H,12-13,16H2,1H3. The number of Topliss-reactive ketones (excluding diaryl/α,β-unsaturated/α-hetero) is 1. The van der Waals surface area contributed by atoms with Gasteiger partial charge in [-0.2, -0.15) is 5.10 Å². The van der Waals surface area contributed by atoms with Crippen molar-refractivity contribution in [2.45, 2.75) is 6.92 Å². The van der Waals surface area contributed by atoms with Gasteiger partial charge < -0.3 is 9.47 Å². The zero-order chi connectivity index (χ0) is 19.4. The molecule has 0 aliphatic carbocycles. The van der Waals surface area contributed by atoms with Crippen LogP contribution in [-0.4, -0.2) is 40.6 Å². The number of ether oxygens (including phenoxy) is 2. The largest absolute Gasteiger partial charge is 0.354 e. The molecule has 28 heavy (non-hydrogen) atoms. The average Bonchev–Trinajstić information content (AvgIpc) is 3.28. The number of aromatic nitrogens is 3. The molecule has 0 amide bonds. The second-order valence-corrected chi connectivity index (χ2v) is 7.06. The molecule has 0 radical (unpaired) electrons. The van der Waals surface area contributed by atoms with Crippen molar-refractivity contribution in [1.82, 2.24) is 14.8 Å². The number of carbonyl (C=O) groups is 1. The lowest BCUT2D eigenvalue weighted by Gasteiger charge is -2.32. The molecular formula is C22H21N3O3. The van der Waals surface area contributed by atoms with E-state index in [4.69, 9.17) is 9.47 Å². The number of hydrogen-bond donors (Lipinski definition) is 0. The first-order valence-electron chi connectivity index (χ1n) is 9.08. The molecule has 0 unspecified atom stereocenters. The first-order valence-corrected chi connectivity index (χ1v) is 9.08. The highest BCUT2D eigenvalue weighted by Gasteiger charge is 2.39. The predicted octanol–water partition coefficient (Wildman–Crippen LogP) is 3.52. The number of hydrogen-bond acceptors (Lipinski definition) is 5. The summed E-state index contributed by atoms with van der Waals surface area (Å²) in [4.78, 5) is 17.3. The highest BCUT2D eigenvalue weighted by atomic mass is 16.7. The third-order valence-electron chi connectivity index (χ3n) is 4.78. The zero-order valence-corrected chi connectivity index (χ0v) is 15.6. The molecule has 1 fully saturated rings. The van der Waals surface area contributed by atoms with E-state index in [0.29, 0.717) is 18.9 Å². The molecule has 1 aliphatic rings. The van der Waals surface area contributed by atoms with Crippen LogP contribution < -0.4 is 0 Å². The molecule has 0 bridgehead atoms. The fourth-order valence-corrected chi connectivity index (χ4v) is 3.20. The van der Waals surface area contributed by atoms with Crippen LogP contribution in [0, 0.1) is 5.41 Å². The first-order chi connectivity index (χ1) is 13.7. The number of ketones is 1. The quantitative estimate of drug-likeness (QED) is 0.639. The smallest absolute Gasteiger partial charge is 0.191 e. The van der Waals surface area contributed by atoms with E-state index in [1.54, 1.807) is 0 Å². The Morgan fingerprint density at radius 1 is 1.04 bits per heavy atom. The molecule has 6 nitrogen and oxygen atoms in total. The number of nitrogens with zero attached hydrogens (tertiary/aromatic N) is 3. The molecular weight excluding hydrogens is 354 g/mol. The molecule has 2 aromatic carbocycles. The van der Waals surface area contributed by atoms with E-state index < -0.39 is 5.41 Å². The van der Waals surface area contributed by atoms with Crippen molar-refractivity contribution in [3.8, 4) is 11.1 Å². The van der Waals surface area contributed by atoms with Crippen molar-refractivity contribution in [3.63, 3.8) is 0 Å². The van der Waals surface area contributed by atoms with Gasteiger partial charge in [-0.25, -0.2) is 9.67 Å². The van der Waals surface area contributed by atoms with E-state index in [-0.39, 0.29) is 12.6 Å². The molecule has 1 aliphatic heterocycles. The Morgan fingerprint density at radius 2 is 1.71 bits per heavy atom. The van der Waals surface area contributed by atoms with Crippen LogP contribution >= 0.6 is 0 Å². The van der Waals surface area contributed by atoms with Crippen LogP contribution in [0.4, 0.5) is 0 Å². The second-order valence-electron chi connectivity index (χ2n) is 7.06. The summed E-state index contributed by atoms with van der Waals surface area (Å²) in [6, 6.07) is 18.2. The number of carbonyl (C=O) groups excluding carboxylic acids is 1. The molecule has 142 valence electrons. The summed E-state index contributed by atoms with van der Waals surface area (Å²) in [5.41, 5.74) is 2.84. The van der Waals surface area contributed by atoms with Crippen molar-refractivity contribution >= 4 is 17.6 Å². The maximum atomic E-state index is 13.3. The van der Waals surface area contributed by atoms with Crippen LogP contribution in [0.15, 0.2) is 67.3 Å². The third kappa shape index (κ3) is 3.78. The Morgan fingerprint density at radius 3 is 2.36 bits per heavy atom. The van der Waals surface area contributed by atoms with Gasteiger partial charge >= 0.3 is 0 Å². The molecule has 1 saturated heterocycles. The molecule has 2 heterocycles. The lowest BCUT2D eigenvalue weighted by Crippen LogP contribution is -2.42. The van der Waals surface area contributed by atoms with Crippen molar-refractivity contribution in [2.24, 2.45) is 5.41 Å². The third-order valence-corrected chi connectivity index (χ3v) is 4.78. The molecule has 0 N–H and O–H groups in total. The predicted molar refractivity (Wildman–Crippen MR) is 106 cm³/mol. The van der Waals surface area contributed by atoms with Gasteiger partial charge in [-0.15, -0.1) is 0 Å². The topological polar surface area (TPSA) is 66.2 Å². The van der Waals surface area contributed by atoms with E-state index >= 15 is 0 Å². The van der Waals surface area contributed by atoms with E-state index in [1.807, 2.05) is 55.5 Å². The van der Waals surface area contributed by atoms with Gasteiger partial charge in [0.2, 0.25) is 0 Å². The van der Waals surface area contributed by atoms with Gasteiger partial charge in [0.1, 0.15) is 25.1 Å². The normalized spacial score (nSPS) is 16.7. The van der Waals surface area contributed by atoms with Crippen molar-refractivity contribution < 1.29 is 14.3 Å². The summed E-state index contributed by atoms with van der Waals surface area (Å²) in [5.74, 6) is -0.0927. The molecule has 3 aromatic rings. The fourth-order valence-electron chi connectivity index (χ4n) is 3.20. The molecule has 6 heteroatoms. The second kappa shape index (κ2) is 7.88. The summed E-state index contributed by atoms with van der Waals surface area (Å²) in [7, 11) is 0. The van der Waals surface area contributed by atoms with Crippen LogP contribution in [0.1, 0.15) is 12.5 Å². The van der Waals surface area contributed by atoms with Gasteiger partial charge in [-0.05, 0) is 29.7 Å². The van der Waals surface area contributed by atoms with Crippen molar-refractivity contribution in [3.05, 3.63) is 72.8 Å². The summed E-state index contributed by atoms with van der Waals surface area (Å²) in [6.45, 7) is 2.68. The van der Waals surface area contributed by atoms with Crippen LogP contribution in [0.3, 0.4) is 0 Å². The van der Waals surface area contributed by atoms with E-state index in [1.165, 1.54) is 17.3 Å². The van der Waals surface area contributed by atoms with Crippen LogP contribution in [-0.2, 0) is 14.3 Å². The monoisotopic (exact) mass is 375 g/mol. The Labute approximate surface area is 163 Å². The van der Waals surface area contributed by atoms with E-state index in [0.717, 1.165) is 16.7 Å². The lowest BCUT2D eigenvalue weighted by atomic mass is 9.84. The maximum Gasteiger partial charge on any atom is 0.191 e. The van der Waals surface area contributed by atoms with Gasteiger partial charge in [0.25, 0.3) is 0 Å². The highest BCUT2D eigenvalue weighted by molar-refractivity contribution is 6.22. The van der Waals surface area contributed by atoms with Crippen LogP contribution in [0.5, 0.6) is 0 Å². The van der Waals surface area contributed by atoms with Crippen molar-refractivity contribution in [1.29, 1.82) is 0 Å². The summed E-state index contributed by atoms with van der Waals surface area (Å²) >= 11 is 0. The van der Waals surface area contributed by atoms with Crippen LogP contribution in [0.2, 0.25) is 0 Å². The SMILES string of the molecule is CC1(C(=O)C(=Cc2ccc(-c3ccccc3)cc2)n2cncn2)COCOC1. The Balaban J connectivity index is 1.67. The van der Waals surface area contributed by atoms with Gasteiger partial charge in [-0.3, -0.25) is 4.79 Å². The van der Waals surface area contributed by atoms with Gasteiger partial charge in [0, 0.05) is 0 Å². The first kappa shape index (κ1) is 18.3. The molecule has 4 rings (SSSR count). The summed E-state index contributed by atoms with van der Waals surface area (Å²) in [5, 5.41) is 4.16. The number of allylic oxidation sites excluding steroid dienone is 1. The average molecular weight is 375 g/mol. The minimum absolute atomic E-state index is 0.0927. The minimum atomic E-state index is -0.764. The number of rotatable bonds is 5. The lowest BCUT2D eigenvalue weighted by molar-refractivity contribution is -0.168. The molecule has 0 saturated carbocycles. The summed E-state index contributed by atoms with van der Waals surface area (Å²) in [6.07, 6.45) is 4.76. The molecule has 1 aromatic heterocycles. The van der Waals surface area contributed by atoms with E-state index in [2.05, 4.69) is 22.2 Å². The molecule has 0 spiro atoms. The van der Waals surface area contributed by atoms with Gasteiger partial charge in [0.05, 0.1) is 18.6 Å². The van der Waals surface area contributed by atoms with E-state index in [9.17, 15) is 4.79 Å². The van der Waals surface area contributed by atoms with Crippen molar-refractivity contribution in [2.75, 3.05) is 20.0 Å². The highest BCUT2D eigenvalue weighted by Crippen LogP contribution is 2.29. The van der Waals surface area contributed by atoms with Gasteiger partial charge in [-0.1, -0.05) is 54.6 Å². The minimum Gasteiger partial charge on any atom is -0.354 e. The van der Waals surface area contributed by atoms with Crippen LogP contribution in [0.25, 0.3) is 22.9 Å². The van der Waals surface area contributed by atoms with Gasteiger partial charge in [0.15, 0.2) is 5.78 Å². The Kier molecular flexibility index (Phi) is 5.14. The maximum absolute atomic E-state index is 13.3. The number of benzene rings is 2.